The van der Waals surface area contributed by atoms with Gasteiger partial charge >= 0.3 is 5.97 Å². The van der Waals surface area contributed by atoms with Crippen molar-refractivity contribution < 1.29 is 33.3 Å². The average Bonchev–Trinajstić information content (AvgIpc) is 3.47. The van der Waals surface area contributed by atoms with Crippen LogP contribution in [0, 0.1) is 0 Å². The van der Waals surface area contributed by atoms with Crippen LogP contribution in [-0.2, 0) is 0 Å². The summed E-state index contributed by atoms with van der Waals surface area (Å²) in [6.07, 6.45) is 1.37. The van der Waals surface area contributed by atoms with E-state index in [-0.39, 0.29) is 17.0 Å². The Morgan fingerprint density at radius 3 is 2.17 bits per heavy atom. The Balaban J connectivity index is 1.46. The minimum absolute atomic E-state index is 0.168. The molecule has 0 spiro atoms. The number of hydrogen-bond acceptors (Lipinski definition) is 8. The number of amides is 1. The first kappa shape index (κ1) is 32.9. The van der Waals surface area contributed by atoms with Gasteiger partial charge in [0.25, 0.3) is 5.91 Å². The Morgan fingerprint density at radius 1 is 0.848 bits per heavy atom. The van der Waals surface area contributed by atoms with Crippen LogP contribution in [0.2, 0.25) is 5.02 Å². The third-order valence-corrected chi connectivity index (χ3v) is 8.38. The predicted octanol–water partition coefficient (Wildman–Crippen LogP) is 8.03. The molecule has 2 N–H and O–H groups in total. The van der Waals surface area contributed by atoms with Crippen LogP contribution in [0.5, 0.6) is 28.7 Å². The molecule has 0 radical (unpaired) electrons. The van der Waals surface area contributed by atoms with E-state index in [0.717, 1.165) is 9.86 Å². The van der Waals surface area contributed by atoms with Crippen LogP contribution >= 0.6 is 43.5 Å². The van der Waals surface area contributed by atoms with Crippen LogP contribution in [0.3, 0.4) is 0 Å². The molecule has 236 valence electrons. The van der Waals surface area contributed by atoms with Crippen molar-refractivity contribution in [2.45, 2.75) is 0 Å². The number of hydrazone groups is 1. The number of methoxy groups -OCH3 is 4. The second-order valence-corrected chi connectivity index (χ2v) is 11.7. The Hall–Kier alpha value is -4.52. The molecule has 10 nitrogen and oxygen atoms in total. The van der Waals surface area contributed by atoms with Gasteiger partial charge in [-0.2, -0.15) is 5.10 Å². The monoisotopic (exact) mass is 769 g/mol. The van der Waals surface area contributed by atoms with Crippen LogP contribution in [0.15, 0.2) is 80.8 Å². The van der Waals surface area contributed by atoms with E-state index in [1.54, 1.807) is 37.4 Å². The van der Waals surface area contributed by atoms with Crippen LogP contribution in [0.25, 0.3) is 22.0 Å². The molecular formula is C33H26Br2ClN3O7. The second kappa shape index (κ2) is 14.3. The van der Waals surface area contributed by atoms with Gasteiger partial charge in [0.05, 0.1) is 45.7 Å². The first-order valence-corrected chi connectivity index (χ1v) is 15.4. The molecule has 0 atom stereocenters. The lowest BCUT2D eigenvalue weighted by molar-refractivity contribution is 0.0733. The summed E-state index contributed by atoms with van der Waals surface area (Å²) in [6, 6.07) is 18.8. The summed E-state index contributed by atoms with van der Waals surface area (Å²) in [6.45, 7) is 0. The molecule has 1 heterocycles. The van der Waals surface area contributed by atoms with Crippen molar-refractivity contribution in [3.8, 4) is 39.9 Å². The van der Waals surface area contributed by atoms with Crippen LogP contribution in [0.4, 0.5) is 0 Å². The van der Waals surface area contributed by atoms with Gasteiger partial charge in [-0.3, -0.25) is 4.79 Å². The standard InChI is InChI=1S/C33H26Br2ClN3O7/c1-42-24-12-10-21(35)28-27(20-7-5-6-8-22(20)36)30(38-29(24)28)32(40)39-37-16-18-13-19(34)9-11-23(18)46-33(41)17-14-25(43-2)31(45-4)26(15-17)44-3/h5-16,38H,1-4H3,(H,39,40). The smallest absolute Gasteiger partial charge is 0.343 e. The maximum Gasteiger partial charge on any atom is 0.343 e. The lowest BCUT2D eigenvalue weighted by Crippen LogP contribution is -2.19. The van der Waals surface area contributed by atoms with Gasteiger partial charge in [-0.25, -0.2) is 10.2 Å². The number of ether oxygens (including phenoxy) is 5. The Morgan fingerprint density at radius 2 is 1.52 bits per heavy atom. The van der Waals surface area contributed by atoms with Crippen molar-refractivity contribution in [1.29, 1.82) is 0 Å². The van der Waals surface area contributed by atoms with Crippen molar-refractivity contribution >= 4 is 72.5 Å². The largest absolute Gasteiger partial charge is 0.495 e. The highest BCUT2D eigenvalue weighted by Gasteiger charge is 2.24. The number of nitrogens with one attached hydrogen (secondary N) is 2. The number of benzene rings is 4. The molecule has 0 aliphatic heterocycles. The summed E-state index contributed by atoms with van der Waals surface area (Å²) < 4.78 is 28.7. The number of halogens is 3. The van der Waals surface area contributed by atoms with Gasteiger partial charge in [-0.05, 0) is 48.5 Å². The van der Waals surface area contributed by atoms with Crippen molar-refractivity contribution in [2.75, 3.05) is 28.4 Å². The molecule has 1 amide bonds. The number of hydrogen-bond donors (Lipinski definition) is 2. The highest BCUT2D eigenvalue weighted by Crippen LogP contribution is 2.43. The molecule has 0 unspecified atom stereocenters. The van der Waals surface area contributed by atoms with Crippen LogP contribution in [-0.4, -0.2) is 51.5 Å². The molecule has 5 rings (SSSR count). The lowest BCUT2D eigenvalue weighted by Gasteiger charge is -2.14. The Labute approximate surface area is 285 Å². The highest BCUT2D eigenvalue weighted by atomic mass is 79.9. The fraction of sp³-hybridized carbons (Fsp3) is 0.121. The van der Waals surface area contributed by atoms with E-state index in [2.05, 4.69) is 47.4 Å². The fourth-order valence-corrected chi connectivity index (χ4v) is 5.94. The maximum absolute atomic E-state index is 13.6. The van der Waals surface area contributed by atoms with Crippen molar-refractivity contribution in [3.63, 3.8) is 0 Å². The summed E-state index contributed by atoms with van der Waals surface area (Å²) in [5, 5.41) is 5.36. The Kier molecular flexibility index (Phi) is 10.2. The number of rotatable bonds is 10. The molecule has 0 aliphatic rings. The number of H-pyrrole nitrogens is 1. The highest BCUT2D eigenvalue weighted by molar-refractivity contribution is 9.11. The second-order valence-electron chi connectivity index (χ2n) is 9.54. The molecule has 0 bridgehead atoms. The summed E-state index contributed by atoms with van der Waals surface area (Å²) in [4.78, 5) is 30.0. The van der Waals surface area contributed by atoms with E-state index in [4.69, 9.17) is 35.3 Å². The normalized spacial score (nSPS) is 11.0. The summed E-state index contributed by atoms with van der Waals surface area (Å²) in [5.41, 5.74) is 5.18. The van der Waals surface area contributed by atoms with Crippen LogP contribution in [0.1, 0.15) is 26.4 Å². The molecule has 5 aromatic rings. The van der Waals surface area contributed by atoms with Gasteiger partial charge in [-0.15, -0.1) is 0 Å². The van der Waals surface area contributed by atoms with E-state index in [0.29, 0.717) is 54.7 Å². The number of carbonyl (C=O) groups excluding carboxylic acids is 2. The van der Waals surface area contributed by atoms with Crippen molar-refractivity contribution in [3.05, 3.63) is 97.5 Å². The lowest BCUT2D eigenvalue weighted by atomic mass is 10.0. The van der Waals surface area contributed by atoms with Crippen LogP contribution < -0.4 is 29.1 Å². The SMILES string of the molecule is COc1cc(C(=O)Oc2ccc(Br)cc2C=NNC(=O)c2[nH]c3c(OC)ccc(Br)c3c2-c2ccccc2Cl)cc(OC)c1OC. The quantitative estimate of drug-likeness (QED) is 0.0639. The number of aromatic nitrogens is 1. The number of aromatic amines is 1. The first-order valence-electron chi connectivity index (χ1n) is 13.5. The molecule has 0 aliphatic carbocycles. The zero-order valence-corrected chi connectivity index (χ0v) is 28.8. The first-order chi connectivity index (χ1) is 22.2. The van der Waals surface area contributed by atoms with E-state index >= 15 is 0 Å². The van der Waals surface area contributed by atoms with E-state index in [1.807, 2.05) is 24.3 Å². The summed E-state index contributed by atoms with van der Waals surface area (Å²) in [5.74, 6) is 0.452. The maximum atomic E-state index is 13.6. The van der Waals surface area contributed by atoms with Gasteiger partial charge in [0.1, 0.15) is 17.2 Å². The van der Waals surface area contributed by atoms with E-state index < -0.39 is 11.9 Å². The number of esters is 1. The molecular weight excluding hydrogens is 746 g/mol. The molecule has 46 heavy (non-hydrogen) atoms. The van der Waals surface area contributed by atoms with Crippen molar-refractivity contribution in [1.82, 2.24) is 10.4 Å². The van der Waals surface area contributed by atoms with Crippen molar-refractivity contribution in [2.24, 2.45) is 5.10 Å². The van der Waals surface area contributed by atoms with Gasteiger partial charge in [0.15, 0.2) is 11.5 Å². The number of nitrogens with zero attached hydrogens (tertiary/aromatic N) is 1. The molecule has 0 saturated carbocycles. The molecule has 0 fully saturated rings. The molecule has 1 aromatic heterocycles. The zero-order chi connectivity index (χ0) is 33.0. The predicted molar refractivity (Wildman–Crippen MR) is 183 cm³/mol. The minimum Gasteiger partial charge on any atom is -0.495 e. The third kappa shape index (κ3) is 6.55. The van der Waals surface area contributed by atoms with Gasteiger partial charge < -0.3 is 28.7 Å². The average molecular weight is 772 g/mol. The molecule has 13 heteroatoms. The summed E-state index contributed by atoms with van der Waals surface area (Å²) >= 11 is 13.6. The zero-order valence-electron chi connectivity index (χ0n) is 24.9. The van der Waals surface area contributed by atoms with E-state index in [1.165, 1.54) is 39.7 Å². The molecule has 0 saturated heterocycles. The minimum atomic E-state index is -0.678. The number of carbonyl (C=O) groups is 2. The Bertz CT molecular complexity index is 1970. The third-order valence-electron chi connectivity index (χ3n) is 6.90. The number of fused-ring (bicyclic) bond motifs is 1. The van der Waals surface area contributed by atoms with E-state index in [9.17, 15) is 9.59 Å². The van der Waals surface area contributed by atoms with Gasteiger partial charge in [0, 0.05) is 36.0 Å². The fourth-order valence-electron chi connectivity index (χ4n) is 4.80. The van der Waals surface area contributed by atoms with Gasteiger partial charge in [0.2, 0.25) is 5.75 Å². The summed E-state index contributed by atoms with van der Waals surface area (Å²) in [7, 11) is 5.92. The molecule has 4 aromatic carbocycles. The van der Waals surface area contributed by atoms with Gasteiger partial charge in [-0.1, -0.05) is 61.7 Å². The topological polar surface area (TPSA) is 120 Å².